The maximum atomic E-state index is 15.2. The van der Waals surface area contributed by atoms with Gasteiger partial charge in [0, 0.05) is 50.1 Å². The minimum Gasteiger partial charge on any atom is -0.495 e. The average molecular weight is 641 g/mol. The van der Waals surface area contributed by atoms with Crippen molar-refractivity contribution in [3.05, 3.63) is 48.2 Å². The molecule has 1 aliphatic rings. The number of hydrogen-bond donors (Lipinski definition) is 3. The van der Waals surface area contributed by atoms with Crippen LogP contribution in [0, 0.1) is 11.8 Å². The molecule has 1 aliphatic heterocycles. The van der Waals surface area contributed by atoms with Crippen molar-refractivity contribution in [2.45, 2.75) is 42.4 Å². The van der Waals surface area contributed by atoms with Crippen molar-refractivity contribution in [1.29, 1.82) is 0 Å². The van der Waals surface area contributed by atoms with E-state index in [0.717, 1.165) is 10.8 Å². The number of β-amino-alcohol motifs (C(OH)–C–C–N with tert-alkyl or cyclic N) is 1. The van der Waals surface area contributed by atoms with Gasteiger partial charge in [0.25, 0.3) is 0 Å². The maximum Gasteiger partial charge on any atom is 0.406 e. The SMILES string of the molecule is COCC(O)CN1CC[C@@H](Nc2cccc3c2cc(C#CCNc2ccc(S(C)(=O)=O)cc2OC)n3CC(F)(F)F)[C@@H](F)C1. The number of fused-ring (bicyclic) bond motifs is 1. The Bertz CT molecular complexity index is 1620. The van der Waals surface area contributed by atoms with E-state index in [1.165, 1.54) is 32.4 Å². The molecule has 9 nitrogen and oxygen atoms in total. The first-order chi connectivity index (χ1) is 20.8. The summed E-state index contributed by atoms with van der Waals surface area (Å²) in [6.45, 7) is -0.141. The lowest BCUT2D eigenvalue weighted by atomic mass is 10.0. The lowest BCUT2D eigenvalue weighted by Gasteiger charge is -2.36. The summed E-state index contributed by atoms with van der Waals surface area (Å²) in [7, 11) is -0.571. The Kier molecular flexibility index (Phi) is 10.7. The molecule has 240 valence electrons. The molecule has 4 rings (SSSR count). The number of rotatable bonds is 11. The molecule has 3 atom stereocenters. The summed E-state index contributed by atoms with van der Waals surface area (Å²) in [6, 6.07) is 10.2. The van der Waals surface area contributed by atoms with Crippen LogP contribution in [-0.4, -0.2) is 101 Å². The van der Waals surface area contributed by atoms with Crippen LogP contribution >= 0.6 is 0 Å². The number of benzene rings is 2. The molecule has 0 radical (unpaired) electrons. The van der Waals surface area contributed by atoms with Gasteiger partial charge < -0.3 is 29.8 Å². The van der Waals surface area contributed by atoms with Crippen molar-refractivity contribution in [2.24, 2.45) is 0 Å². The highest BCUT2D eigenvalue weighted by Gasteiger charge is 2.32. The molecule has 3 N–H and O–H groups in total. The Balaban J connectivity index is 1.54. The summed E-state index contributed by atoms with van der Waals surface area (Å²) in [5.41, 5.74) is 1.40. The number of aliphatic hydroxyl groups is 1. The van der Waals surface area contributed by atoms with Crippen molar-refractivity contribution in [2.75, 3.05) is 63.9 Å². The highest BCUT2D eigenvalue weighted by atomic mass is 32.2. The second kappa shape index (κ2) is 14.1. The standard InChI is InChI=1S/C30H36F4N4O5S/c1-42-18-21(39)16-37-13-11-26(24(31)17-37)36-25-7-4-8-28-23(25)14-20(38(28)19-30(32,33)34)6-5-12-35-27-10-9-22(44(3,40)41)15-29(27)43-2/h4,7-10,14-15,21,24,26,35-36,39H,11-13,16-19H2,1-3H3/t21?,24-,26+/m0/s1. The molecule has 2 heterocycles. The van der Waals surface area contributed by atoms with E-state index >= 15 is 4.39 Å². The molecule has 1 saturated heterocycles. The van der Waals surface area contributed by atoms with E-state index in [4.69, 9.17) is 9.47 Å². The summed E-state index contributed by atoms with van der Waals surface area (Å²) in [6.07, 6.45) is -4.98. The van der Waals surface area contributed by atoms with Crippen LogP contribution in [0.5, 0.6) is 5.75 Å². The fraction of sp³-hybridized carbons (Fsp3) is 0.467. The number of nitrogens with one attached hydrogen (secondary N) is 2. The molecule has 14 heteroatoms. The van der Waals surface area contributed by atoms with E-state index in [1.54, 1.807) is 24.3 Å². The first-order valence-corrected chi connectivity index (χ1v) is 15.8. The Labute approximate surface area is 254 Å². The van der Waals surface area contributed by atoms with Gasteiger partial charge in [0.15, 0.2) is 9.84 Å². The number of sulfone groups is 1. The number of piperidine rings is 1. The van der Waals surface area contributed by atoms with Crippen LogP contribution in [0.1, 0.15) is 12.1 Å². The normalized spacial score (nSPS) is 18.5. The van der Waals surface area contributed by atoms with Crippen LogP contribution < -0.4 is 15.4 Å². The fourth-order valence-corrected chi connectivity index (χ4v) is 5.86. The largest absolute Gasteiger partial charge is 0.495 e. The van der Waals surface area contributed by atoms with Crippen LogP contribution in [0.2, 0.25) is 0 Å². The molecule has 0 bridgehead atoms. The first kappa shape index (κ1) is 33.4. The molecule has 0 aliphatic carbocycles. The third-order valence-corrected chi connectivity index (χ3v) is 8.37. The summed E-state index contributed by atoms with van der Waals surface area (Å²) in [5.74, 6) is 5.92. The molecule has 1 aromatic heterocycles. The number of halogens is 4. The van der Waals surface area contributed by atoms with Crippen LogP contribution in [-0.2, 0) is 21.1 Å². The summed E-state index contributed by atoms with van der Waals surface area (Å²) < 4.78 is 90.9. The van der Waals surface area contributed by atoms with Crippen molar-refractivity contribution in [3.8, 4) is 17.6 Å². The average Bonchev–Trinajstić information content (AvgIpc) is 3.28. The Morgan fingerprint density at radius 3 is 2.59 bits per heavy atom. The van der Waals surface area contributed by atoms with Gasteiger partial charge in [-0.15, -0.1) is 0 Å². The van der Waals surface area contributed by atoms with E-state index in [-0.39, 0.29) is 42.6 Å². The fourth-order valence-electron chi connectivity index (χ4n) is 5.22. The highest BCUT2D eigenvalue weighted by Crippen LogP contribution is 2.32. The van der Waals surface area contributed by atoms with Crippen LogP contribution in [0.25, 0.3) is 10.9 Å². The second-order valence-electron chi connectivity index (χ2n) is 10.7. The van der Waals surface area contributed by atoms with E-state index in [1.807, 2.05) is 4.90 Å². The van der Waals surface area contributed by atoms with Crippen molar-refractivity contribution in [1.82, 2.24) is 9.47 Å². The minimum absolute atomic E-state index is 0.0361. The lowest BCUT2D eigenvalue weighted by molar-refractivity contribution is -0.140. The van der Waals surface area contributed by atoms with E-state index < -0.39 is 40.9 Å². The van der Waals surface area contributed by atoms with Gasteiger partial charge in [0.2, 0.25) is 0 Å². The molecule has 1 unspecified atom stereocenters. The quantitative estimate of drug-likeness (QED) is 0.214. The number of likely N-dealkylation sites (tertiary alicyclic amines) is 1. The van der Waals surface area contributed by atoms with Gasteiger partial charge in [-0.2, -0.15) is 13.2 Å². The number of aromatic nitrogens is 1. The zero-order chi connectivity index (χ0) is 32.1. The minimum atomic E-state index is -4.51. The third kappa shape index (κ3) is 8.56. The van der Waals surface area contributed by atoms with Gasteiger partial charge in [0.1, 0.15) is 18.5 Å². The highest BCUT2D eigenvalue weighted by molar-refractivity contribution is 7.90. The van der Waals surface area contributed by atoms with Gasteiger partial charge >= 0.3 is 6.18 Å². The van der Waals surface area contributed by atoms with Gasteiger partial charge in [-0.05, 0) is 42.7 Å². The van der Waals surface area contributed by atoms with Gasteiger partial charge in [-0.3, -0.25) is 4.90 Å². The Morgan fingerprint density at radius 2 is 1.93 bits per heavy atom. The summed E-state index contributed by atoms with van der Waals surface area (Å²) >= 11 is 0. The zero-order valence-electron chi connectivity index (χ0n) is 24.6. The number of hydrogen-bond acceptors (Lipinski definition) is 8. The van der Waals surface area contributed by atoms with E-state index in [0.29, 0.717) is 35.2 Å². The van der Waals surface area contributed by atoms with Crippen LogP contribution in [0.15, 0.2) is 47.4 Å². The summed E-state index contributed by atoms with van der Waals surface area (Å²) in [4.78, 5) is 1.90. The topological polar surface area (TPSA) is 105 Å². The number of anilines is 2. The molecule has 3 aromatic rings. The Hall–Kier alpha value is -3.51. The molecular formula is C30H36F4N4O5S. The number of nitrogens with zero attached hydrogens (tertiary/aromatic N) is 2. The van der Waals surface area contributed by atoms with Gasteiger partial charge in [0.05, 0.1) is 54.2 Å². The number of methoxy groups -OCH3 is 2. The van der Waals surface area contributed by atoms with Gasteiger partial charge in [-0.1, -0.05) is 12.0 Å². The molecule has 1 fully saturated rings. The second-order valence-corrected chi connectivity index (χ2v) is 12.7. The number of ether oxygens (including phenoxy) is 2. The monoisotopic (exact) mass is 640 g/mol. The first-order valence-electron chi connectivity index (χ1n) is 13.9. The molecule has 0 saturated carbocycles. The van der Waals surface area contributed by atoms with Crippen molar-refractivity contribution >= 4 is 32.1 Å². The smallest absolute Gasteiger partial charge is 0.406 e. The van der Waals surface area contributed by atoms with Crippen molar-refractivity contribution < 1.29 is 40.6 Å². The molecule has 2 aromatic carbocycles. The molecule has 0 spiro atoms. The maximum absolute atomic E-state index is 15.2. The summed E-state index contributed by atoms with van der Waals surface area (Å²) in [5, 5.41) is 16.7. The lowest BCUT2D eigenvalue weighted by Crippen LogP contribution is -2.50. The zero-order valence-corrected chi connectivity index (χ0v) is 25.4. The Morgan fingerprint density at radius 1 is 1.16 bits per heavy atom. The predicted octanol–water partition coefficient (Wildman–Crippen LogP) is 3.91. The molecule has 0 amide bonds. The van der Waals surface area contributed by atoms with Crippen molar-refractivity contribution in [3.63, 3.8) is 0 Å². The van der Waals surface area contributed by atoms with Gasteiger partial charge in [-0.25, -0.2) is 12.8 Å². The number of aliphatic hydroxyl groups excluding tert-OH is 1. The van der Waals surface area contributed by atoms with Crippen LogP contribution in [0.4, 0.5) is 28.9 Å². The third-order valence-electron chi connectivity index (χ3n) is 7.26. The van der Waals surface area contributed by atoms with E-state index in [2.05, 4.69) is 22.5 Å². The van der Waals surface area contributed by atoms with Crippen LogP contribution in [0.3, 0.4) is 0 Å². The molecule has 44 heavy (non-hydrogen) atoms. The molecular weight excluding hydrogens is 604 g/mol. The van der Waals surface area contributed by atoms with E-state index in [9.17, 15) is 26.7 Å². The predicted molar refractivity (Wildman–Crippen MR) is 161 cm³/mol. The number of alkyl halides is 4.